The minimum absolute atomic E-state index is 0.00698. The Kier molecular flexibility index (Phi) is 23.5. The Bertz CT molecular complexity index is 4280. The predicted octanol–water partition coefficient (Wildman–Crippen LogP) is 15.7. The first-order valence-electron chi connectivity index (χ1n) is 34.8. The lowest BCUT2D eigenvalue weighted by atomic mass is 9.88. The number of hydrogen-bond acceptors (Lipinski definition) is 9. The molecule has 4 aliphatic rings. The van der Waals surface area contributed by atoms with E-state index in [4.69, 9.17) is 4.74 Å². The van der Waals surface area contributed by atoms with Gasteiger partial charge in [0, 0.05) is 86.0 Å². The first-order chi connectivity index (χ1) is 47.6. The number of aliphatic carboxylic acids is 1. The smallest absolute Gasteiger partial charge is 0.416 e. The number of nitrogens with zero attached hydrogens (tertiary/aromatic N) is 4. The van der Waals surface area contributed by atoms with Gasteiger partial charge in [0.1, 0.15) is 35.4 Å². The molecule has 2 saturated heterocycles. The zero-order valence-corrected chi connectivity index (χ0v) is 60.1. The van der Waals surface area contributed by atoms with Gasteiger partial charge in [0.25, 0.3) is 11.1 Å². The number of benzene rings is 4. The average Bonchev–Trinajstić information content (AvgIpc) is 1.39. The number of amides is 2. The molecular weight excluding hydrogens is 1340 g/mol. The molecule has 2 aliphatic carbocycles. The maximum Gasteiger partial charge on any atom is 0.416 e. The van der Waals surface area contributed by atoms with E-state index in [0.29, 0.717) is 58.3 Å². The third kappa shape index (κ3) is 17.7. The molecule has 6 aromatic rings. The largest absolute Gasteiger partial charge is 0.481 e. The SMILES string of the molecule is CCOC(=O)C[C@H](NC(=O)C(CC(C)C)n1cc(CCN2CC3(CC3)C2)c(C(F)(F)F)cc1=O)c1c(F)c(C)cc(-c2c(C)cc(C)cc2C)c1F.Cc1cc(C)c(-c2cc(C)c(F)c([C@H](CC(=O)O)NC(=O)C(CC(C)C)n3cc(CCN4CC5(CC5)C4)c(C(F)(F)F)cc3=O)c2F)c(C)c1. The summed E-state index contributed by atoms with van der Waals surface area (Å²) in [7, 11) is 0. The highest BCUT2D eigenvalue weighted by molar-refractivity contribution is 5.84. The van der Waals surface area contributed by atoms with Gasteiger partial charge in [-0.25, -0.2) is 17.6 Å². The molecule has 4 aromatic carbocycles. The Balaban J connectivity index is 0.000000237. The second-order valence-corrected chi connectivity index (χ2v) is 30.0. The number of alkyl halides is 6. The van der Waals surface area contributed by atoms with E-state index in [2.05, 4.69) is 20.4 Å². The van der Waals surface area contributed by atoms with Crippen molar-refractivity contribution in [1.82, 2.24) is 29.6 Å². The quantitative estimate of drug-likeness (QED) is 0.0370. The van der Waals surface area contributed by atoms with Gasteiger partial charge in [-0.3, -0.25) is 28.8 Å². The van der Waals surface area contributed by atoms with Crippen LogP contribution in [0.25, 0.3) is 22.3 Å². The Hall–Kier alpha value is -8.12. The molecule has 2 amide bonds. The topological polar surface area (TPSA) is 172 Å². The summed E-state index contributed by atoms with van der Waals surface area (Å²) in [4.78, 5) is 84.1. The maximum atomic E-state index is 16.7. The van der Waals surface area contributed by atoms with Crippen molar-refractivity contribution >= 4 is 23.8 Å². The summed E-state index contributed by atoms with van der Waals surface area (Å²) in [6.45, 7) is 26.4. The van der Waals surface area contributed by atoms with E-state index in [1.165, 1.54) is 26.0 Å². The number of carboxylic acid groups (broad SMARTS) is 1. The van der Waals surface area contributed by atoms with Crippen LogP contribution in [-0.2, 0) is 49.1 Å². The minimum Gasteiger partial charge on any atom is -0.481 e. The van der Waals surface area contributed by atoms with E-state index >= 15 is 17.6 Å². The lowest BCUT2D eigenvalue weighted by Crippen LogP contribution is -2.49. The van der Waals surface area contributed by atoms with E-state index in [9.17, 15) is 60.2 Å². The molecule has 3 N–H and O–H groups in total. The van der Waals surface area contributed by atoms with Crippen molar-refractivity contribution in [3.05, 3.63) is 183 Å². The number of nitrogens with one attached hydrogen (secondary N) is 2. The predicted molar refractivity (Wildman–Crippen MR) is 369 cm³/mol. The molecule has 0 radical (unpaired) electrons. The number of carbonyl (C=O) groups is 4. The van der Waals surface area contributed by atoms with E-state index in [1.54, 1.807) is 48.5 Å². The van der Waals surface area contributed by atoms with Crippen LogP contribution in [0.1, 0.15) is 188 Å². The van der Waals surface area contributed by atoms with Crippen molar-refractivity contribution in [2.24, 2.45) is 22.7 Å². The second-order valence-electron chi connectivity index (χ2n) is 30.0. The molecule has 4 atom stereocenters. The Morgan fingerprint density at radius 2 is 0.863 bits per heavy atom. The van der Waals surface area contributed by atoms with Crippen LogP contribution in [0, 0.1) is 101 Å². The lowest BCUT2D eigenvalue weighted by Gasteiger charge is -2.40. The van der Waals surface area contributed by atoms with Crippen LogP contribution in [0.5, 0.6) is 0 Å². The molecule has 0 bridgehead atoms. The maximum absolute atomic E-state index is 16.7. The Morgan fingerprint density at radius 1 is 0.520 bits per heavy atom. The number of pyridine rings is 2. The highest BCUT2D eigenvalue weighted by Crippen LogP contribution is 2.54. The molecule has 24 heteroatoms. The van der Waals surface area contributed by atoms with Gasteiger partial charge in [-0.05, 0) is 204 Å². The number of rotatable bonds is 25. The number of aromatic nitrogens is 2. The third-order valence-electron chi connectivity index (χ3n) is 20.3. The van der Waals surface area contributed by atoms with Gasteiger partial charge in [0.15, 0.2) is 0 Å². The van der Waals surface area contributed by atoms with Crippen molar-refractivity contribution in [2.75, 3.05) is 45.9 Å². The minimum atomic E-state index is -4.81. The van der Waals surface area contributed by atoms with E-state index in [-0.39, 0.29) is 77.5 Å². The molecular formula is C78H92F10N6O8. The fraction of sp³-hybridized carbons (Fsp3) is 0.513. The summed E-state index contributed by atoms with van der Waals surface area (Å²) in [6.07, 6.45) is -4.53. The van der Waals surface area contributed by atoms with Crippen molar-refractivity contribution in [3.8, 4) is 22.3 Å². The summed E-state index contributed by atoms with van der Waals surface area (Å²) in [6, 6.07) is 5.14. The molecule has 552 valence electrons. The van der Waals surface area contributed by atoms with Crippen LogP contribution < -0.4 is 21.8 Å². The molecule has 4 fully saturated rings. The molecule has 102 heavy (non-hydrogen) atoms. The first-order valence-corrected chi connectivity index (χ1v) is 34.8. The highest BCUT2D eigenvalue weighted by Gasteiger charge is 2.53. The monoisotopic (exact) mass is 1430 g/mol. The summed E-state index contributed by atoms with van der Waals surface area (Å²) < 4.78 is 157. The second kappa shape index (κ2) is 30.7. The zero-order chi connectivity index (χ0) is 75.2. The molecule has 2 aromatic heterocycles. The van der Waals surface area contributed by atoms with Crippen molar-refractivity contribution < 1.29 is 72.9 Å². The Labute approximate surface area is 588 Å². The van der Waals surface area contributed by atoms with Crippen LogP contribution in [0.15, 0.2) is 70.5 Å². The Morgan fingerprint density at radius 3 is 1.17 bits per heavy atom. The number of ether oxygens (including phenoxy) is 1. The van der Waals surface area contributed by atoms with Gasteiger partial charge in [-0.1, -0.05) is 63.1 Å². The number of halogens is 10. The van der Waals surface area contributed by atoms with Crippen LogP contribution >= 0.6 is 0 Å². The molecule has 2 saturated carbocycles. The van der Waals surface area contributed by atoms with Gasteiger partial charge in [-0.2, -0.15) is 26.3 Å². The fourth-order valence-electron chi connectivity index (χ4n) is 15.2. The molecule has 2 spiro atoms. The van der Waals surface area contributed by atoms with Gasteiger partial charge in [0.05, 0.1) is 42.7 Å². The number of carboxylic acids is 1. The van der Waals surface area contributed by atoms with E-state index in [1.807, 2.05) is 52.0 Å². The lowest BCUT2D eigenvalue weighted by molar-refractivity contribution is -0.144. The average molecular weight is 1430 g/mol. The number of carbonyl (C=O) groups excluding carboxylic acids is 3. The zero-order valence-electron chi connectivity index (χ0n) is 60.1. The third-order valence-corrected chi connectivity index (χ3v) is 20.3. The summed E-state index contributed by atoms with van der Waals surface area (Å²) in [5, 5.41) is 14.9. The summed E-state index contributed by atoms with van der Waals surface area (Å²) in [5.74, 6) is -8.58. The van der Waals surface area contributed by atoms with E-state index in [0.717, 1.165) is 95.6 Å². The molecule has 10 rings (SSSR count). The normalized spacial score (nSPS) is 16.6. The fourth-order valence-corrected chi connectivity index (χ4v) is 15.2. The summed E-state index contributed by atoms with van der Waals surface area (Å²) >= 11 is 0. The van der Waals surface area contributed by atoms with Gasteiger partial charge in [0.2, 0.25) is 11.8 Å². The van der Waals surface area contributed by atoms with Crippen LogP contribution in [0.4, 0.5) is 43.9 Å². The first kappa shape index (κ1) is 78.0. The van der Waals surface area contributed by atoms with Crippen molar-refractivity contribution in [1.29, 1.82) is 0 Å². The van der Waals surface area contributed by atoms with Gasteiger partial charge >= 0.3 is 24.3 Å². The number of hydrogen-bond donors (Lipinski definition) is 3. The summed E-state index contributed by atoms with van der Waals surface area (Å²) in [5.41, 5.74) is 0.958. The molecule has 4 heterocycles. The van der Waals surface area contributed by atoms with E-state index < -0.39 is 130 Å². The van der Waals surface area contributed by atoms with Crippen molar-refractivity contribution in [3.63, 3.8) is 0 Å². The molecule has 2 aliphatic heterocycles. The van der Waals surface area contributed by atoms with Gasteiger partial charge in [-0.15, -0.1) is 0 Å². The number of likely N-dealkylation sites (tertiary alicyclic amines) is 2. The van der Waals surface area contributed by atoms with Crippen LogP contribution in [0.2, 0.25) is 0 Å². The molecule has 14 nitrogen and oxygen atoms in total. The standard InChI is InChI=1S/C40H48F5N3O4.C38H44F5N3O4/c1-8-52-33(50)18-30(35-36(41)26(7)16-28(37(35)42)34-24(5)14-23(4)15-25(34)6)46-38(51)31(13-22(2)3)48-19-27(29(17-32(48)49)40(43,44)45)9-12-47-20-39(21-47)10-11-39;1-20(2)11-29(46-17-25(27(15-30(46)47)38(41,42)43)7-10-45-18-37(19-45)8-9-37)36(50)44-28(16-31(48)49)33-34(39)24(6)14-26(35(33)40)32-22(4)12-21(3)13-23(32)5/h14-17,19,22,30-31H,8-13,18,20-21H2,1-7H3,(H,46,51);12-15,17,20,28-29H,7-11,16,18-19H2,1-6H3,(H,44,50)(H,48,49)/t30-,31?;28-,29?/m00/s1. The molecule has 2 unspecified atom stereocenters. The van der Waals surface area contributed by atoms with Crippen molar-refractivity contribution in [2.45, 2.75) is 191 Å². The van der Waals surface area contributed by atoms with Crippen LogP contribution in [-0.4, -0.2) is 93.7 Å². The number of esters is 1. The van der Waals surface area contributed by atoms with Crippen LogP contribution in [0.3, 0.4) is 0 Å². The van der Waals surface area contributed by atoms with Gasteiger partial charge < -0.3 is 39.4 Å². The highest BCUT2D eigenvalue weighted by atomic mass is 19.4. The number of aryl methyl sites for hydroxylation is 8.